The highest BCUT2D eigenvalue weighted by molar-refractivity contribution is 5.72. The van der Waals surface area contributed by atoms with Crippen LogP contribution in [0.25, 0.3) is 0 Å². The van der Waals surface area contributed by atoms with Crippen LogP contribution in [-0.4, -0.2) is 6.54 Å². The van der Waals surface area contributed by atoms with Crippen molar-refractivity contribution in [1.29, 1.82) is 0 Å². The van der Waals surface area contributed by atoms with E-state index in [0.717, 1.165) is 12.2 Å². The lowest BCUT2D eigenvalue weighted by atomic mass is 9.91. The van der Waals surface area contributed by atoms with Crippen LogP contribution in [0.5, 0.6) is 0 Å². The second kappa shape index (κ2) is 3.19. The molecule has 0 unspecified atom stereocenters. The number of fused-ring (bicyclic) bond motifs is 1. The fourth-order valence-electron chi connectivity index (χ4n) is 2.28. The Morgan fingerprint density at radius 3 is 2.50 bits per heavy atom. The van der Waals surface area contributed by atoms with E-state index in [-0.39, 0.29) is 0 Å². The van der Waals surface area contributed by atoms with Gasteiger partial charge in [-0.15, -0.1) is 0 Å². The maximum absolute atomic E-state index is 6.08. The van der Waals surface area contributed by atoms with E-state index in [2.05, 4.69) is 26.1 Å². The molecule has 2 nitrogen and oxygen atoms in total. The van der Waals surface area contributed by atoms with Crippen molar-refractivity contribution >= 4 is 11.4 Å². The van der Waals surface area contributed by atoms with Crippen molar-refractivity contribution in [3.05, 3.63) is 22.3 Å². The Hall–Kier alpha value is -1.18. The third-order valence-electron chi connectivity index (χ3n) is 3.41. The minimum Gasteiger partial charge on any atom is -0.398 e. The predicted octanol–water partition coefficient (Wildman–Crippen LogP) is 2.55. The highest BCUT2D eigenvalue weighted by Crippen LogP contribution is 2.35. The highest BCUT2D eigenvalue weighted by atomic mass is 14.9. The van der Waals surface area contributed by atoms with Crippen LogP contribution >= 0.6 is 0 Å². The Labute approximate surface area is 85.5 Å². The molecule has 14 heavy (non-hydrogen) atoms. The van der Waals surface area contributed by atoms with Gasteiger partial charge >= 0.3 is 0 Å². The van der Waals surface area contributed by atoms with Gasteiger partial charge < -0.3 is 11.1 Å². The molecule has 76 valence electrons. The van der Waals surface area contributed by atoms with Crippen molar-refractivity contribution in [2.24, 2.45) is 0 Å². The quantitative estimate of drug-likeness (QED) is 0.617. The van der Waals surface area contributed by atoms with Gasteiger partial charge in [-0.05, 0) is 55.9 Å². The van der Waals surface area contributed by atoms with Gasteiger partial charge in [-0.2, -0.15) is 0 Å². The summed E-state index contributed by atoms with van der Waals surface area (Å²) < 4.78 is 0. The van der Waals surface area contributed by atoms with Crippen LogP contribution in [0.3, 0.4) is 0 Å². The van der Waals surface area contributed by atoms with Crippen LogP contribution in [0.2, 0.25) is 0 Å². The molecule has 0 spiro atoms. The van der Waals surface area contributed by atoms with Gasteiger partial charge in [-0.25, -0.2) is 0 Å². The third-order valence-corrected chi connectivity index (χ3v) is 3.41. The molecule has 2 heteroatoms. The van der Waals surface area contributed by atoms with Gasteiger partial charge in [0.1, 0.15) is 0 Å². The van der Waals surface area contributed by atoms with Gasteiger partial charge in [0.15, 0.2) is 0 Å². The van der Waals surface area contributed by atoms with Crippen LogP contribution in [0, 0.1) is 20.8 Å². The molecule has 0 amide bonds. The number of nitrogens with one attached hydrogen (secondary N) is 1. The second-order valence-electron chi connectivity index (χ2n) is 4.17. The molecule has 3 N–H and O–H groups in total. The van der Waals surface area contributed by atoms with Crippen LogP contribution in [-0.2, 0) is 6.42 Å². The lowest BCUT2D eigenvalue weighted by Crippen LogP contribution is -2.16. The molecule has 1 heterocycles. The summed E-state index contributed by atoms with van der Waals surface area (Å²) in [5, 5.41) is 3.48. The minimum atomic E-state index is 0.977. The molecule has 0 fully saturated rings. The normalized spacial score (nSPS) is 14.8. The number of anilines is 2. The van der Waals surface area contributed by atoms with Gasteiger partial charge in [0, 0.05) is 17.9 Å². The molecule has 1 aromatic carbocycles. The number of nitrogens with two attached hydrogens (primary N) is 1. The number of rotatable bonds is 0. The summed E-state index contributed by atoms with van der Waals surface area (Å²) in [4.78, 5) is 0. The molecule has 0 saturated heterocycles. The minimum absolute atomic E-state index is 0.977. The predicted molar refractivity (Wildman–Crippen MR) is 61.9 cm³/mol. The molecule has 1 aliphatic rings. The van der Waals surface area contributed by atoms with Crippen LogP contribution < -0.4 is 11.1 Å². The molecule has 2 rings (SSSR count). The molecule has 0 radical (unpaired) electrons. The summed E-state index contributed by atoms with van der Waals surface area (Å²) in [5.74, 6) is 0. The molecule has 1 aliphatic heterocycles. The molecule has 0 atom stereocenters. The first kappa shape index (κ1) is 9.38. The fourth-order valence-corrected chi connectivity index (χ4v) is 2.28. The van der Waals surface area contributed by atoms with Crippen molar-refractivity contribution in [1.82, 2.24) is 0 Å². The second-order valence-corrected chi connectivity index (χ2v) is 4.17. The summed E-state index contributed by atoms with van der Waals surface area (Å²) in [5.41, 5.74) is 13.6. The SMILES string of the molecule is Cc1c(C)c2c(c(C)c1N)CCCN2. The summed E-state index contributed by atoms with van der Waals surface area (Å²) in [7, 11) is 0. The van der Waals surface area contributed by atoms with Crippen LogP contribution in [0.15, 0.2) is 0 Å². The van der Waals surface area contributed by atoms with Crippen molar-refractivity contribution in [3.8, 4) is 0 Å². The van der Waals surface area contributed by atoms with E-state index in [0.29, 0.717) is 0 Å². The number of hydrogen-bond acceptors (Lipinski definition) is 2. The van der Waals surface area contributed by atoms with Gasteiger partial charge in [-0.1, -0.05) is 0 Å². The monoisotopic (exact) mass is 190 g/mol. The van der Waals surface area contributed by atoms with E-state index in [1.54, 1.807) is 0 Å². The maximum atomic E-state index is 6.08. The summed E-state index contributed by atoms with van der Waals surface area (Å²) in [6, 6.07) is 0. The number of hydrogen-bond donors (Lipinski definition) is 2. The first-order chi connectivity index (χ1) is 6.63. The Morgan fingerprint density at radius 1 is 1.07 bits per heavy atom. The molecule has 0 aliphatic carbocycles. The summed E-state index contributed by atoms with van der Waals surface area (Å²) >= 11 is 0. The zero-order valence-corrected chi connectivity index (χ0v) is 9.20. The zero-order chi connectivity index (χ0) is 10.3. The first-order valence-electron chi connectivity index (χ1n) is 5.25. The van der Waals surface area contributed by atoms with E-state index in [9.17, 15) is 0 Å². The van der Waals surface area contributed by atoms with E-state index in [1.807, 2.05) is 0 Å². The van der Waals surface area contributed by atoms with Gasteiger partial charge in [0.25, 0.3) is 0 Å². The Bertz CT molecular complexity index is 344. The number of benzene rings is 1. The summed E-state index contributed by atoms with van der Waals surface area (Å²) in [6.45, 7) is 7.49. The van der Waals surface area contributed by atoms with E-state index >= 15 is 0 Å². The average molecular weight is 190 g/mol. The molecule has 0 saturated carbocycles. The smallest absolute Gasteiger partial charge is 0.0409 e. The molecule has 0 aromatic heterocycles. The molecular weight excluding hydrogens is 172 g/mol. The Kier molecular flexibility index (Phi) is 2.14. The summed E-state index contributed by atoms with van der Waals surface area (Å²) in [6.07, 6.45) is 2.38. The van der Waals surface area contributed by atoms with Crippen molar-refractivity contribution in [3.63, 3.8) is 0 Å². The van der Waals surface area contributed by atoms with Crippen LogP contribution in [0.4, 0.5) is 11.4 Å². The van der Waals surface area contributed by atoms with Gasteiger partial charge in [-0.3, -0.25) is 0 Å². The molecule has 0 bridgehead atoms. The van der Waals surface area contributed by atoms with Crippen molar-refractivity contribution in [2.75, 3.05) is 17.6 Å². The zero-order valence-electron chi connectivity index (χ0n) is 9.20. The van der Waals surface area contributed by atoms with Gasteiger partial charge in [0.2, 0.25) is 0 Å². The largest absolute Gasteiger partial charge is 0.398 e. The number of nitrogen functional groups attached to an aromatic ring is 1. The molecule has 1 aromatic rings. The van der Waals surface area contributed by atoms with E-state index in [4.69, 9.17) is 5.73 Å². The van der Waals surface area contributed by atoms with Crippen molar-refractivity contribution in [2.45, 2.75) is 33.6 Å². The van der Waals surface area contributed by atoms with Crippen molar-refractivity contribution < 1.29 is 0 Å². The lowest BCUT2D eigenvalue weighted by molar-refractivity contribution is 0.820. The lowest BCUT2D eigenvalue weighted by Gasteiger charge is -2.25. The Morgan fingerprint density at radius 2 is 1.79 bits per heavy atom. The highest BCUT2D eigenvalue weighted by Gasteiger charge is 2.17. The van der Waals surface area contributed by atoms with Gasteiger partial charge in [0.05, 0.1) is 0 Å². The topological polar surface area (TPSA) is 38.0 Å². The van der Waals surface area contributed by atoms with E-state index < -0.39 is 0 Å². The van der Waals surface area contributed by atoms with Crippen LogP contribution in [0.1, 0.15) is 28.7 Å². The Balaban J connectivity index is 2.71. The standard InChI is InChI=1S/C12H18N2/c1-7-8(2)12-10(5-4-6-14-12)9(3)11(7)13/h14H,4-6,13H2,1-3H3. The first-order valence-corrected chi connectivity index (χ1v) is 5.25. The molecular formula is C12H18N2. The van der Waals surface area contributed by atoms with E-state index in [1.165, 1.54) is 40.8 Å². The third kappa shape index (κ3) is 1.17. The fraction of sp³-hybridized carbons (Fsp3) is 0.500. The average Bonchev–Trinajstić information content (AvgIpc) is 2.23. The maximum Gasteiger partial charge on any atom is 0.0409 e.